The van der Waals surface area contributed by atoms with E-state index in [-0.39, 0.29) is 17.1 Å². The monoisotopic (exact) mass is 268 g/mol. The van der Waals surface area contributed by atoms with Crippen molar-refractivity contribution in [2.45, 2.75) is 83.5 Å². The average molecular weight is 268 g/mol. The first-order valence-electron chi connectivity index (χ1n) is 7.65. The van der Waals surface area contributed by atoms with Gasteiger partial charge in [-0.05, 0) is 59.8 Å². The van der Waals surface area contributed by atoms with Gasteiger partial charge >= 0.3 is 0 Å². The number of Topliss-reactive ketones (excluding diaryl/α,β-unsaturated/α-hetero) is 1. The van der Waals surface area contributed by atoms with Gasteiger partial charge in [0.1, 0.15) is 5.78 Å². The van der Waals surface area contributed by atoms with Crippen LogP contribution in [0.1, 0.15) is 66.2 Å². The van der Waals surface area contributed by atoms with E-state index >= 15 is 0 Å². The normalized spacial score (nSPS) is 33.3. The molecule has 0 amide bonds. The third kappa shape index (κ3) is 3.79. The van der Waals surface area contributed by atoms with E-state index in [9.17, 15) is 4.79 Å². The largest absolute Gasteiger partial charge is 0.378 e. The summed E-state index contributed by atoms with van der Waals surface area (Å²) in [7, 11) is 0. The van der Waals surface area contributed by atoms with Crippen LogP contribution < -0.4 is 0 Å². The minimum absolute atomic E-state index is 0.0334. The Morgan fingerprint density at radius 1 is 1.21 bits per heavy atom. The summed E-state index contributed by atoms with van der Waals surface area (Å²) in [6.07, 6.45) is 6.18. The van der Waals surface area contributed by atoms with Gasteiger partial charge in [-0.1, -0.05) is 0 Å². The van der Waals surface area contributed by atoms with E-state index in [4.69, 9.17) is 9.47 Å². The van der Waals surface area contributed by atoms with Crippen LogP contribution in [0.5, 0.6) is 0 Å². The van der Waals surface area contributed by atoms with Crippen LogP contribution in [0.3, 0.4) is 0 Å². The van der Waals surface area contributed by atoms with Gasteiger partial charge in [0.25, 0.3) is 0 Å². The third-order valence-electron chi connectivity index (χ3n) is 4.45. The number of carbonyl (C=O) groups excluding carboxylic acids is 1. The highest BCUT2D eigenvalue weighted by Gasteiger charge is 2.48. The van der Waals surface area contributed by atoms with Gasteiger partial charge in [-0.25, -0.2) is 0 Å². The third-order valence-corrected chi connectivity index (χ3v) is 4.45. The summed E-state index contributed by atoms with van der Waals surface area (Å²) >= 11 is 0. The average Bonchev–Trinajstić information content (AvgIpc) is 2.56. The number of carbonyl (C=O) groups is 1. The number of hydrogen-bond acceptors (Lipinski definition) is 3. The molecule has 2 fully saturated rings. The maximum atomic E-state index is 12.5. The molecule has 2 saturated heterocycles. The fourth-order valence-electron chi connectivity index (χ4n) is 3.58. The molecule has 3 nitrogen and oxygen atoms in total. The molecule has 0 spiro atoms. The molecule has 0 saturated carbocycles. The Labute approximate surface area is 117 Å². The molecule has 0 aromatic heterocycles. The molecular weight excluding hydrogens is 240 g/mol. The van der Waals surface area contributed by atoms with E-state index in [2.05, 4.69) is 13.8 Å². The van der Waals surface area contributed by atoms with Crippen LogP contribution in [0.25, 0.3) is 0 Å². The second-order valence-corrected chi connectivity index (χ2v) is 7.22. The maximum absolute atomic E-state index is 12.5. The highest BCUT2D eigenvalue weighted by atomic mass is 16.5. The van der Waals surface area contributed by atoms with Crippen LogP contribution in [0.2, 0.25) is 0 Å². The molecule has 110 valence electrons. The number of rotatable bonds is 4. The number of hydrogen-bond donors (Lipinski definition) is 0. The van der Waals surface area contributed by atoms with E-state index < -0.39 is 0 Å². The second kappa shape index (κ2) is 5.53. The van der Waals surface area contributed by atoms with Crippen LogP contribution in [0.15, 0.2) is 0 Å². The zero-order chi connectivity index (χ0) is 14.1. The summed E-state index contributed by atoms with van der Waals surface area (Å²) < 4.78 is 11.7. The topological polar surface area (TPSA) is 35.5 Å². The van der Waals surface area contributed by atoms with Gasteiger partial charge in [-0.15, -0.1) is 0 Å². The number of ether oxygens (including phenoxy) is 2. The smallest absolute Gasteiger partial charge is 0.139 e. The van der Waals surface area contributed by atoms with Gasteiger partial charge in [0.2, 0.25) is 0 Å². The van der Waals surface area contributed by atoms with Crippen molar-refractivity contribution < 1.29 is 14.3 Å². The first kappa shape index (κ1) is 15.0. The van der Waals surface area contributed by atoms with Crippen LogP contribution in [0, 0.1) is 5.92 Å². The van der Waals surface area contributed by atoms with Crippen molar-refractivity contribution in [2.75, 3.05) is 6.61 Å². The van der Waals surface area contributed by atoms with Crippen molar-refractivity contribution in [3.05, 3.63) is 0 Å². The summed E-state index contributed by atoms with van der Waals surface area (Å²) in [5.41, 5.74) is -0.501. The van der Waals surface area contributed by atoms with E-state index in [1.165, 1.54) is 12.8 Å². The highest BCUT2D eigenvalue weighted by Crippen LogP contribution is 2.43. The molecule has 2 aliphatic rings. The van der Waals surface area contributed by atoms with Crippen LogP contribution in [0.4, 0.5) is 0 Å². The zero-order valence-corrected chi connectivity index (χ0v) is 12.8. The minimum Gasteiger partial charge on any atom is -0.378 e. The van der Waals surface area contributed by atoms with E-state index in [1.54, 1.807) is 0 Å². The predicted octanol–water partition coefficient (Wildman–Crippen LogP) is 3.50. The van der Waals surface area contributed by atoms with Gasteiger partial charge < -0.3 is 9.47 Å². The molecule has 0 N–H and O–H groups in total. The van der Waals surface area contributed by atoms with Crippen LogP contribution in [-0.2, 0) is 14.3 Å². The second-order valence-electron chi connectivity index (χ2n) is 7.22. The standard InChI is InChI=1S/C16H28O3/c1-15(2)11-13(16(3,4)19-15)14(17)9-8-12-7-5-6-10-18-12/h12-13H,5-11H2,1-4H3. The van der Waals surface area contributed by atoms with E-state index in [0.717, 1.165) is 25.9 Å². The molecule has 2 unspecified atom stereocenters. The first-order valence-corrected chi connectivity index (χ1v) is 7.65. The quantitative estimate of drug-likeness (QED) is 0.783. The summed E-state index contributed by atoms with van der Waals surface area (Å²) in [6.45, 7) is 9.10. The van der Waals surface area contributed by atoms with E-state index in [0.29, 0.717) is 18.3 Å². The molecule has 0 aromatic rings. The first-order chi connectivity index (χ1) is 8.80. The molecule has 2 rings (SSSR count). The minimum atomic E-state index is -0.325. The Hall–Kier alpha value is -0.410. The van der Waals surface area contributed by atoms with Crippen LogP contribution >= 0.6 is 0 Å². The van der Waals surface area contributed by atoms with Gasteiger partial charge in [-0.3, -0.25) is 4.79 Å². The predicted molar refractivity (Wildman–Crippen MR) is 75.2 cm³/mol. The van der Waals surface area contributed by atoms with Crippen molar-refractivity contribution >= 4 is 5.78 Å². The zero-order valence-electron chi connectivity index (χ0n) is 12.8. The highest BCUT2D eigenvalue weighted by molar-refractivity contribution is 5.82. The van der Waals surface area contributed by atoms with Crippen molar-refractivity contribution in [2.24, 2.45) is 5.92 Å². The van der Waals surface area contributed by atoms with Gasteiger partial charge in [0.05, 0.1) is 17.3 Å². The Morgan fingerprint density at radius 3 is 2.47 bits per heavy atom. The lowest BCUT2D eigenvalue weighted by Crippen LogP contribution is -2.34. The Bertz CT molecular complexity index is 327. The number of ketones is 1. The Kier molecular flexibility index (Phi) is 4.36. The fourth-order valence-corrected chi connectivity index (χ4v) is 3.58. The molecule has 2 heterocycles. The molecule has 2 atom stereocenters. The fraction of sp³-hybridized carbons (Fsp3) is 0.938. The lowest BCUT2D eigenvalue weighted by molar-refractivity contribution is -0.130. The van der Waals surface area contributed by atoms with E-state index in [1.807, 2.05) is 13.8 Å². The Balaban J connectivity index is 1.85. The molecule has 2 aliphatic heterocycles. The summed E-state index contributed by atoms with van der Waals surface area (Å²) in [5.74, 6) is 0.385. The van der Waals surface area contributed by atoms with Crippen molar-refractivity contribution in [1.82, 2.24) is 0 Å². The van der Waals surface area contributed by atoms with Crippen molar-refractivity contribution in [1.29, 1.82) is 0 Å². The molecule has 0 aromatic carbocycles. The summed E-state index contributed by atoms with van der Waals surface area (Å²) in [5, 5.41) is 0. The molecule has 0 radical (unpaired) electrons. The lowest BCUT2D eigenvalue weighted by Gasteiger charge is -2.27. The summed E-state index contributed by atoms with van der Waals surface area (Å²) in [4.78, 5) is 12.5. The van der Waals surface area contributed by atoms with Crippen molar-refractivity contribution in [3.8, 4) is 0 Å². The SMILES string of the molecule is CC1(C)CC(C(=O)CCC2CCCCO2)C(C)(C)O1. The summed E-state index contributed by atoms with van der Waals surface area (Å²) in [6, 6.07) is 0. The molecule has 0 aliphatic carbocycles. The maximum Gasteiger partial charge on any atom is 0.139 e. The lowest BCUT2D eigenvalue weighted by atomic mass is 9.82. The Morgan fingerprint density at radius 2 is 1.95 bits per heavy atom. The van der Waals surface area contributed by atoms with Gasteiger partial charge in [0, 0.05) is 18.9 Å². The molecular formula is C16H28O3. The molecule has 3 heteroatoms. The molecule has 19 heavy (non-hydrogen) atoms. The molecule has 0 bridgehead atoms. The van der Waals surface area contributed by atoms with Gasteiger partial charge in [0.15, 0.2) is 0 Å². The van der Waals surface area contributed by atoms with Crippen molar-refractivity contribution in [3.63, 3.8) is 0 Å². The van der Waals surface area contributed by atoms with Crippen LogP contribution in [-0.4, -0.2) is 29.7 Å². The van der Waals surface area contributed by atoms with Gasteiger partial charge in [-0.2, -0.15) is 0 Å².